The third kappa shape index (κ3) is 2.05. The van der Waals surface area contributed by atoms with Gasteiger partial charge in [0.2, 0.25) is 0 Å². The van der Waals surface area contributed by atoms with Gasteiger partial charge >= 0.3 is 5.97 Å². The Labute approximate surface area is 89.6 Å². The van der Waals surface area contributed by atoms with Gasteiger partial charge in [-0.2, -0.15) is 0 Å². The lowest BCUT2D eigenvalue weighted by atomic mass is 10.3. The van der Waals surface area contributed by atoms with E-state index >= 15 is 0 Å². The van der Waals surface area contributed by atoms with Gasteiger partial charge in [0.1, 0.15) is 5.15 Å². The number of ether oxygens (including phenoxy) is 1. The molecule has 1 aromatic heterocycles. The zero-order chi connectivity index (χ0) is 10.0. The van der Waals surface area contributed by atoms with Crippen molar-refractivity contribution in [3.05, 3.63) is 27.0 Å². The van der Waals surface area contributed by atoms with Crippen molar-refractivity contribution in [1.29, 1.82) is 0 Å². The van der Waals surface area contributed by atoms with Crippen LogP contribution < -0.4 is 0 Å². The molecular formula is C7H4Cl3NO2. The molecule has 0 atom stereocenters. The lowest BCUT2D eigenvalue weighted by molar-refractivity contribution is 0.0600. The zero-order valence-electron chi connectivity index (χ0n) is 6.47. The summed E-state index contributed by atoms with van der Waals surface area (Å²) in [7, 11) is 1.24. The molecule has 1 aromatic rings. The third-order valence-electron chi connectivity index (χ3n) is 1.32. The van der Waals surface area contributed by atoms with Crippen molar-refractivity contribution in [1.82, 2.24) is 4.98 Å². The van der Waals surface area contributed by atoms with Crippen LogP contribution in [0.5, 0.6) is 0 Å². The average Bonchev–Trinajstić information content (AvgIpc) is 2.13. The first-order valence-corrected chi connectivity index (χ1v) is 4.29. The number of aromatic nitrogens is 1. The minimum absolute atomic E-state index is 0.0474. The van der Waals surface area contributed by atoms with E-state index in [2.05, 4.69) is 9.72 Å². The maximum Gasteiger partial charge on any atom is 0.341 e. The predicted octanol–water partition coefficient (Wildman–Crippen LogP) is 2.83. The van der Waals surface area contributed by atoms with Gasteiger partial charge in [-0.15, -0.1) is 0 Å². The first-order chi connectivity index (χ1) is 6.07. The highest BCUT2D eigenvalue weighted by Gasteiger charge is 2.16. The third-order valence-corrected chi connectivity index (χ3v) is 2.56. The van der Waals surface area contributed by atoms with Crippen LogP contribution in [-0.4, -0.2) is 18.1 Å². The Hall–Kier alpha value is -0.510. The van der Waals surface area contributed by atoms with Gasteiger partial charge in [-0.1, -0.05) is 34.8 Å². The maximum atomic E-state index is 11.0. The highest BCUT2D eigenvalue weighted by Crippen LogP contribution is 2.30. The van der Waals surface area contributed by atoms with E-state index in [1.54, 1.807) is 0 Å². The SMILES string of the molecule is COC(=O)c1cnc(Cl)c(Cl)c1Cl. The molecule has 0 amide bonds. The minimum Gasteiger partial charge on any atom is -0.465 e. The standard InChI is InChI=1S/C7H4Cl3NO2/c1-13-7(12)3-2-11-6(10)5(9)4(3)8/h2H,1H3. The summed E-state index contributed by atoms with van der Waals surface area (Å²) in [5, 5.41) is 0.152. The number of halogens is 3. The molecule has 0 fully saturated rings. The fraction of sp³-hybridized carbons (Fsp3) is 0.143. The van der Waals surface area contributed by atoms with E-state index in [0.717, 1.165) is 0 Å². The number of carbonyl (C=O) groups is 1. The Morgan fingerprint density at radius 2 is 2.00 bits per heavy atom. The van der Waals surface area contributed by atoms with E-state index in [-0.39, 0.29) is 20.8 Å². The Morgan fingerprint density at radius 1 is 1.38 bits per heavy atom. The van der Waals surface area contributed by atoms with Gasteiger partial charge in [0.05, 0.1) is 22.7 Å². The van der Waals surface area contributed by atoms with Gasteiger partial charge in [0, 0.05) is 6.20 Å². The molecule has 3 nitrogen and oxygen atoms in total. The lowest BCUT2D eigenvalue weighted by Gasteiger charge is -2.03. The van der Waals surface area contributed by atoms with E-state index in [1.807, 2.05) is 0 Å². The summed E-state index contributed by atoms with van der Waals surface area (Å²) in [6, 6.07) is 0. The molecular weight excluding hydrogens is 236 g/mol. The van der Waals surface area contributed by atoms with Crippen LogP contribution in [-0.2, 0) is 4.74 Å². The topological polar surface area (TPSA) is 39.2 Å². The normalized spacial score (nSPS) is 9.85. The van der Waals surface area contributed by atoms with Crippen LogP contribution in [0.2, 0.25) is 15.2 Å². The van der Waals surface area contributed by atoms with Crippen LogP contribution >= 0.6 is 34.8 Å². The Bertz CT molecular complexity index is 354. The summed E-state index contributed by atoms with van der Waals surface area (Å²) in [5.41, 5.74) is 0.0959. The molecule has 0 N–H and O–H groups in total. The molecule has 0 saturated carbocycles. The number of carbonyl (C=O) groups excluding carboxylic acids is 1. The van der Waals surface area contributed by atoms with Crippen molar-refractivity contribution < 1.29 is 9.53 Å². The molecule has 0 unspecified atom stereocenters. The molecule has 0 bridgehead atoms. The molecule has 0 spiro atoms. The molecule has 6 heteroatoms. The number of esters is 1. The second-order valence-corrected chi connectivity index (χ2v) is 3.20. The second kappa shape index (κ2) is 4.13. The monoisotopic (exact) mass is 239 g/mol. The number of methoxy groups -OCH3 is 1. The second-order valence-electron chi connectivity index (χ2n) is 2.08. The molecule has 13 heavy (non-hydrogen) atoms. The van der Waals surface area contributed by atoms with Crippen molar-refractivity contribution in [2.45, 2.75) is 0 Å². The maximum absolute atomic E-state index is 11.0. The highest BCUT2D eigenvalue weighted by molar-refractivity contribution is 6.48. The Kier molecular flexibility index (Phi) is 3.36. The number of hydrogen-bond acceptors (Lipinski definition) is 3. The number of pyridine rings is 1. The average molecular weight is 240 g/mol. The van der Waals surface area contributed by atoms with Crippen LogP contribution in [0.1, 0.15) is 10.4 Å². The van der Waals surface area contributed by atoms with Gasteiger partial charge in [-0.25, -0.2) is 9.78 Å². The summed E-state index contributed by atoms with van der Waals surface area (Å²) in [6.45, 7) is 0. The summed E-state index contributed by atoms with van der Waals surface area (Å²) >= 11 is 16.9. The predicted molar refractivity (Wildman–Crippen MR) is 50.6 cm³/mol. The molecule has 0 saturated heterocycles. The van der Waals surface area contributed by atoms with Crippen LogP contribution in [0.15, 0.2) is 6.20 Å². The van der Waals surface area contributed by atoms with E-state index in [4.69, 9.17) is 34.8 Å². The lowest BCUT2D eigenvalue weighted by Crippen LogP contribution is -2.03. The summed E-state index contributed by atoms with van der Waals surface area (Å²) in [4.78, 5) is 14.7. The van der Waals surface area contributed by atoms with Crippen LogP contribution in [0.4, 0.5) is 0 Å². The molecule has 0 radical (unpaired) electrons. The van der Waals surface area contributed by atoms with Gasteiger partial charge < -0.3 is 4.74 Å². The number of rotatable bonds is 1. The van der Waals surface area contributed by atoms with Crippen molar-refractivity contribution in [2.75, 3.05) is 7.11 Å². The van der Waals surface area contributed by atoms with E-state index in [9.17, 15) is 4.79 Å². The van der Waals surface area contributed by atoms with Gasteiger partial charge in [-0.05, 0) is 0 Å². The molecule has 0 aliphatic carbocycles. The van der Waals surface area contributed by atoms with E-state index < -0.39 is 5.97 Å². The number of nitrogens with zero attached hydrogens (tertiary/aromatic N) is 1. The van der Waals surface area contributed by atoms with Crippen molar-refractivity contribution in [3.8, 4) is 0 Å². The molecule has 1 rings (SSSR count). The van der Waals surface area contributed by atoms with Gasteiger partial charge in [-0.3, -0.25) is 0 Å². The highest BCUT2D eigenvalue weighted by atomic mass is 35.5. The van der Waals surface area contributed by atoms with Crippen molar-refractivity contribution in [3.63, 3.8) is 0 Å². The Morgan fingerprint density at radius 3 is 2.54 bits per heavy atom. The summed E-state index contributed by atoms with van der Waals surface area (Å²) in [5.74, 6) is -0.601. The van der Waals surface area contributed by atoms with Crippen LogP contribution in [0.3, 0.4) is 0 Å². The largest absolute Gasteiger partial charge is 0.465 e. The van der Waals surface area contributed by atoms with E-state index in [1.165, 1.54) is 13.3 Å². The smallest absolute Gasteiger partial charge is 0.341 e. The van der Waals surface area contributed by atoms with Crippen molar-refractivity contribution in [2.24, 2.45) is 0 Å². The quantitative estimate of drug-likeness (QED) is 0.560. The fourth-order valence-electron chi connectivity index (χ4n) is 0.696. The summed E-state index contributed by atoms with van der Waals surface area (Å²) in [6.07, 6.45) is 1.21. The summed E-state index contributed by atoms with van der Waals surface area (Å²) < 4.78 is 4.45. The van der Waals surface area contributed by atoms with Crippen LogP contribution in [0, 0.1) is 0 Å². The molecule has 0 aliphatic rings. The van der Waals surface area contributed by atoms with Gasteiger partial charge in [0.15, 0.2) is 0 Å². The Balaban J connectivity index is 3.26. The molecule has 70 valence electrons. The fourth-order valence-corrected chi connectivity index (χ4v) is 1.25. The van der Waals surface area contributed by atoms with E-state index in [0.29, 0.717) is 0 Å². The molecule has 1 heterocycles. The number of hydrogen-bond donors (Lipinski definition) is 0. The first kappa shape index (κ1) is 10.6. The van der Waals surface area contributed by atoms with Gasteiger partial charge in [0.25, 0.3) is 0 Å². The first-order valence-electron chi connectivity index (χ1n) is 3.15. The van der Waals surface area contributed by atoms with Crippen LogP contribution in [0.25, 0.3) is 0 Å². The van der Waals surface area contributed by atoms with Crippen molar-refractivity contribution >= 4 is 40.8 Å². The zero-order valence-corrected chi connectivity index (χ0v) is 8.74. The molecule has 0 aromatic carbocycles. The minimum atomic E-state index is -0.601. The molecule has 0 aliphatic heterocycles.